The molecule has 0 bridgehead atoms. The van der Waals surface area contributed by atoms with Gasteiger partial charge in [-0.25, -0.2) is 9.59 Å². The minimum Gasteiger partial charge on any atom is -0.464 e. The molecule has 0 unspecified atom stereocenters. The minimum absolute atomic E-state index is 0.182. The van der Waals surface area contributed by atoms with Gasteiger partial charge in [0, 0.05) is 18.4 Å². The molecule has 198 valence electrons. The van der Waals surface area contributed by atoms with E-state index in [-0.39, 0.29) is 31.4 Å². The fraction of sp³-hybridized carbons (Fsp3) is 0.538. The molecule has 0 spiro atoms. The van der Waals surface area contributed by atoms with Gasteiger partial charge in [-0.3, -0.25) is 9.69 Å². The topological polar surface area (TPSA) is 129 Å². The molecule has 2 heterocycles. The maximum absolute atomic E-state index is 13.5. The number of carbonyl (C=O) groups is 3. The summed E-state index contributed by atoms with van der Waals surface area (Å²) in [7, 11) is 0. The van der Waals surface area contributed by atoms with Gasteiger partial charge in [0.25, 0.3) is 0 Å². The second-order valence-electron chi connectivity index (χ2n) is 10.5. The number of rotatable bonds is 8. The minimum atomic E-state index is -1.16. The van der Waals surface area contributed by atoms with Crippen LogP contribution in [0.15, 0.2) is 43.0 Å². The SMILES string of the molecule is C=C[C@@H]1C[C@@]1(NC(=O)[C@@H]1C[C@@H](c2nnn(Cc3ccccc3)n2)CN1C(=O)OC(C)(C)C)C(=O)OCC. The average molecular weight is 511 g/mol. The van der Waals surface area contributed by atoms with E-state index in [9.17, 15) is 14.4 Å². The van der Waals surface area contributed by atoms with Crippen molar-refractivity contribution >= 4 is 18.0 Å². The van der Waals surface area contributed by atoms with Gasteiger partial charge in [0.1, 0.15) is 17.2 Å². The van der Waals surface area contributed by atoms with Gasteiger partial charge in [-0.2, -0.15) is 4.80 Å². The zero-order valence-corrected chi connectivity index (χ0v) is 21.7. The van der Waals surface area contributed by atoms with Crippen LogP contribution in [0.4, 0.5) is 4.79 Å². The van der Waals surface area contributed by atoms with Crippen molar-refractivity contribution in [3.63, 3.8) is 0 Å². The Bertz CT molecular complexity index is 1160. The molecule has 1 aromatic carbocycles. The monoisotopic (exact) mass is 510 g/mol. The predicted octanol–water partition coefficient (Wildman–Crippen LogP) is 2.44. The van der Waals surface area contributed by atoms with Crippen LogP contribution in [0.3, 0.4) is 0 Å². The van der Waals surface area contributed by atoms with Crippen LogP contribution in [0.5, 0.6) is 0 Å². The van der Waals surface area contributed by atoms with E-state index in [2.05, 4.69) is 27.3 Å². The van der Waals surface area contributed by atoms with Gasteiger partial charge in [-0.15, -0.1) is 16.8 Å². The highest BCUT2D eigenvalue weighted by atomic mass is 16.6. The lowest BCUT2D eigenvalue weighted by molar-refractivity contribution is -0.149. The summed E-state index contributed by atoms with van der Waals surface area (Å²) in [4.78, 5) is 42.1. The first-order valence-electron chi connectivity index (χ1n) is 12.5. The van der Waals surface area contributed by atoms with Crippen LogP contribution in [0, 0.1) is 5.92 Å². The van der Waals surface area contributed by atoms with Gasteiger partial charge in [0.2, 0.25) is 5.91 Å². The molecule has 11 heteroatoms. The third-order valence-electron chi connectivity index (χ3n) is 6.52. The van der Waals surface area contributed by atoms with Crippen LogP contribution in [0.25, 0.3) is 0 Å². The Hall–Kier alpha value is -3.76. The highest BCUT2D eigenvalue weighted by Gasteiger charge is 2.62. The third kappa shape index (κ3) is 5.81. The molecule has 1 N–H and O–H groups in total. The molecular formula is C26H34N6O5. The second kappa shape index (κ2) is 10.3. The van der Waals surface area contributed by atoms with Crippen LogP contribution in [-0.4, -0.2) is 73.4 Å². The lowest BCUT2D eigenvalue weighted by Crippen LogP contribution is -2.53. The molecule has 2 aromatic rings. The number of ether oxygens (including phenoxy) is 2. The Morgan fingerprint density at radius 3 is 2.59 bits per heavy atom. The number of likely N-dealkylation sites (tertiary alicyclic amines) is 1. The van der Waals surface area contributed by atoms with Crippen LogP contribution < -0.4 is 5.32 Å². The Labute approximate surface area is 216 Å². The summed E-state index contributed by atoms with van der Waals surface area (Å²) in [5, 5.41) is 15.7. The molecule has 2 fully saturated rings. The van der Waals surface area contributed by atoms with Crippen LogP contribution >= 0.6 is 0 Å². The van der Waals surface area contributed by atoms with E-state index < -0.39 is 35.2 Å². The Balaban J connectivity index is 1.53. The van der Waals surface area contributed by atoms with Gasteiger partial charge < -0.3 is 14.8 Å². The van der Waals surface area contributed by atoms with E-state index in [1.165, 1.54) is 9.70 Å². The maximum Gasteiger partial charge on any atom is 0.410 e. The van der Waals surface area contributed by atoms with Crippen molar-refractivity contribution < 1.29 is 23.9 Å². The normalized spacial score (nSPS) is 24.9. The first-order valence-corrected chi connectivity index (χ1v) is 12.5. The first kappa shape index (κ1) is 26.3. The number of tetrazole rings is 1. The molecule has 1 saturated carbocycles. The summed E-state index contributed by atoms with van der Waals surface area (Å²) in [5.41, 5.74) is -0.885. The summed E-state index contributed by atoms with van der Waals surface area (Å²) in [6.07, 6.45) is 1.68. The molecule has 1 aromatic heterocycles. The fourth-order valence-electron chi connectivity index (χ4n) is 4.59. The lowest BCUT2D eigenvalue weighted by Gasteiger charge is -2.29. The zero-order valence-electron chi connectivity index (χ0n) is 21.7. The van der Waals surface area contributed by atoms with Crippen molar-refractivity contribution in [2.75, 3.05) is 13.2 Å². The number of benzene rings is 1. The Morgan fingerprint density at radius 1 is 1.24 bits per heavy atom. The summed E-state index contributed by atoms with van der Waals surface area (Å²) in [6.45, 7) is 11.6. The van der Waals surface area contributed by atoms with Crippen molar-refractivity contribution in [1.82, 2.24) is 30.4 Å². The number of carbonyl (C=O) groups excluding carboxylic acids is 3. The number of nitrogens with one attached hydrogen (secondary N) is 1. The molecule has 1 aliphatic heterocycles. The summed E-state index contributed by atoms with van der Waals surface area (Å²) >= 11 is 0. The Morgan fingerprint density at radius 2 is 1.97 bits per heavy atom. The number of amides is 2. The molecule has 1 saturated heterocycles. The Kier molecular flexibility index (Phi) is 7.33. The largest absolute Gasteiger partial charge is 0.464 e. The highest BCUT2D eigenvalue weighted by Crippen LogP contribution is 2.46. The highest BCUT2D eigenvalue weighted by molar-refractivity contribution is 5.95. The summed E-state index contributed by atoms with van der Waals surface area (Å²) in [6, 6.07) is 8.87. The maximum atomic E-state index is 13.5. The van der Waals surface area contributed by atoms with Gasteiger partial charge in [-0.1, -0.05) is 36.4 Å². The van der Waals surface area contributed by atoms with Crippen molar-refractivity contribution in [1.29, 1.82) is 0 Å². The predicted molar refractivity (Wildman–Crippen MR) is 133 cm³/mol. The van der Waals surface area contributed by atoms with Crippen LogP contribution in [0.2, 0.25) is 0 Å². The van der Waals surface area contributed by atoms with Crippen molar-refractivity contribution in [3.8, 4) is 0 Å². The molecule has 0 radical (unpaired) electrons. The quantitative estimate of drug-likeness (QED) is 0.424. The zero-order chi connectivity index (χ0) is 26.8. The van der Waals surface area contributed by atoms with Gasteiger partial charge in [0.05, 0.1) is 13.2 Å². The fourth-order valence-corrected chi connectivity index (χ4v) is 4.59. The van der Waals surface area contributed by atoms with E-state index in [0.717, 1.165) is 5.56 Å². The number of nitrogens with zero attached hydrogens (tertiary/aromatic N) is 5. The molecule has 4 atom stereocenters. The number of esters is 1. The van der Waals surface area contributed by atoms with Gasteiger partial charge >= 0.3 is 12.1 Å². The summed E-state index contributed by atoms with van der Waals surface area (Å²) < 4.78 is 10.8. The number of aromatic nitrogens is 4. The molecule has 1 aliphatic carbocycles. The van der Waals surface area contributed by atoms with Gasteiger partial charge in [-0.05, 0) is 51.3 Å². The lowest BCUT2D eigenvalue weighted by atomic mass is 10.0. The van der Waals surface area contributed by atoms with E-state index in [1.54, 1.807) is 33.8 Å². The third-order valence-corrected chi connectivity index (χ3v) is 6.52. The first-order chi connectivity index (χ1) is 17.6. The van der Waals surface area contributed by atoms with Gasteiger partial charge in [0.15, 0.2) is 5.82 Å². The smallest absolute Gasteiger partial charge is 0.410 e. The van der Waals surface area contributed by atoms with E-state index in [1.807, 2.05) is 30.3 Å². The molecular weight excluding hydrogens is 476 g/mol. The standard InChI is InChI=1S/C26H34N6O5/c1-6-19-14-26(19,23(34)36-7-2)27-22(33)20-13-18(16-31(20)24(35)37-25(3,4)5)21-28-30-32(29-21)15-17-11-9-8-10-12-17/h6,8-12,18-20H,1,7,13-16H2,2-5H3,(H,27,33)/t18-,19-,20+,26+/m1/s1. The van der Waals surface area contributed by atoms with Crippen molar-refractivity contribution in [3.05, 3.63) is 54.4 Å². The van der Waals surface area contributed by atoms with E-state index >= 15 is 0 Å². The number of hydrogen-bond donors (Lipinski definition) is 1. The molecule has 4 rings (SSSR count). The van der Waals surface area contributed by atoms with Crippen LogP contribution in [0.1, 0.15) is 57.8 Å². The van der Waals surface area contributed by atoms with Crippen molar-refractivity contribution in [2.24, 2.45) is 5.92 Å². The molecule has 11 nitrogen and oxygen atoms in total. The second-order valence-corrected chi connectivity index (χ2v) is 10.5. The van der Waals surface area contributed by atoms with Crippen LogP contribution in [-0.2, 0) is 25.6 Å². The van der Waals surface area contributed by atoms with E-state index in [0.29, 0.717) is 18.8 Å². The molecule has 2 amide bonds. The molecule has 2 aliphatic rings. The molecule has 37 heavy (non-hydrogen) atoms. The number of hydrogen-bond acceptors (Lipinski definition) is 8. The average Bonchev–Trinajstić information content (AvgIpc) is 3.16. The van der Waals surface area contributed by atoms with Crippen molar-refractivity contribution in [2.45, 2.75) is 70.2 Å². The summed E-state index contributed by atoms with van der Waals surface area (Å²) in [5.74, 6) is -1.09. The van der Waals surface area contributed by atoms with E-state index in [4.69, 9.17) is 9.47 Å².